The van der Waals surface area contributed by atoms with Crippen LogP contribution >= 0.6 is 0 Å². The molecule has 0 fully saturated rings. The molecule has 2 amide bonds. The molecule has 9 heteroatoms. The Kier molecular flexibility index (Phi) is 6.37. The Labute approximate surface area is 149 Å². The van der Waals surface area contributed by atoms with Crippen LogP contribution < -0.4 is 10.6 Å². The van der Waals surface area contributed by atoms with E-state index >= 15 is 0 Å². The minimum Gasteiger partial charge on any atom is -0.344 e. The number of nitrogens with one attached hydrogen (secondary N) is 2. The first-order valence-electron chi connectivity index (χ1n) is 8.15. The number of nitrogens with zero attached hydrogens (tertiary/aromatic N) is 2. The average molecular weight is 366 g/mol. The highest BCUT2D eigenvalue weighted by atomic mass is 19.1. The Balaban J connectivity index is 1.88. The van der Waals surface area contributed by atoms with Gasteiger partial charge in [-0.1, -0.05) is 12.1 Å². The summed E-state index contributed by atoms with van der Waals surface area (Å²) in [4.78, 5) is 28.3. The van der Waals surface area contributed by atoms with E-state index in [9.17, 15) is 18.4 Å². The Hall–Kier alpha value is -2.84. The largest absolute Gasteiger partial charge is 0.344 e. The molecule has 0 aliphatic heterocycles. The third-order valence-corrected chi connectivity index (χ3v) is 3.59. The minimum absolute atomic E-state index is 0.180. The summed E-state index contributed by atoms with van der Waals surface area (Å²) in [6.45, 7) is 5.05. The summed E-state index contributed by atoms with van der Waals surface area (Å²) in [5, 5.41) is 8.88. The number of carbonyl (C=O) groups is 2. The second kappa shape index (κ2) is 8.50. The van der Waals surface area contributed by atoms with Gasteiger partial charge in [0.2, 0.25) is 17.7 Å². The summed E-state index contributed by atoms with van der Waals surface area (Å²) >= 11 is 0. The van der Waals surface area contributed by atoms with Crippen LogP contribution in [0.5, 0.6) is 0 Å². The van der Waals surface area contributed by atoms with Gasteiger partial charge in [-0.15, -0.1) is 0 Å². The molecule has 26 heavy (non-hydrogen) atoms. The summed E-state index contributed by atoms with van der Waals surface area (Å²) in [5.41, 5.74) is 0.180. The fourth-order valence-corrected chi connectivity index (χ4v) is 2.24. The van der Waals surface area contributed by atoms with Crippen molar-refractivity contribution in [1.82, 2.24) is 20.8 Å². The molecule has 0 saturated heterocycles. The van der Waals surface area contributed by atoms with Crippen molar-refractivity contribution in [3.8, 4) is 0 Å². The molecule has 0 unspecified atom stereocenters. The molecule has 7 nitrogen and oxygen atoms in total. The third kappa shape index (κ3) is 5.33. The van der Waals surface area contributed by atoms with E-state index in [1.54, 1.807) is 6.92 Å². The first-order chi connectivity index (χ1) is 12.3. The maximum Gasteiger partial charge on any atom is 0.248 e. The van der Waals surface area contributed by atoms with Crippen LogP contribution in [0.4, 0.5) is 8.78 Å². The fourth-order valence-electron chi connectivity index (χ4n) is 2.24. The van der Waals surface area contributed by atoms with Gasteiger partial charge in [0.15, 0.2) is 5.82 Å². The van der Waals surface area contributed by atoms with E-state index in [0.717, 1.165) is 18.2 Å². The van der Waals surface area contributed by atoms with Crippen molar-refractivity contribution < 1.29 is 22.9 Å². The summed E-state index contributed by atoms with van der Waals surface area (Å²) in [7, 11) is 0. The number of amides is 2. The van der Waals surface area contributed by atoms with Crippen molar-refractivity contribution in [2.75, 3.05) is 0 Å². The van der Waals surface area contributed by atoms with E-state index in [2.05, 4.69) is 20.8 Å². The zero-order chi connectivity index (χ0) is 19.3. The Bertz CT molecular complexity index is 774. The lowest BCUT2D eigenvalue weighted by molar-refractivity contribution is -0.128. The number of rotatable bonds is 7. The predicted molar refractivity (Wildman–Crippen MR) is 87.9 cm³/mol. The highest BCUT2D eigenvalue weighted by Crippen LogP contribution is 2.11. The summed E-state index contributed by atoms with van der Waals surface area (Å²) in [6.07, 6.45) is 0.364. The predicted octanol–water partition coefficient (Wildman–Crippen LogP) is 1.83. The topological polar surface area (TPSA) is 97.1 Å². The van der Waals surface area contributed by atoms with Crippen molar-refractivity contribution in [1.29, 1.82) is 0 Å². The molecule has 0 radical (unpaired) electrons. The maximum absolute atomic E-state index is 13.1. The third-order valence-electron chi connectivity index (χ3n) is 3.59. The van der Waals surface area contributed by atoms with Gasteiger partial charge in [0.05, 0.1) is 6.42 Å². The van der Waals surface area contributed by atoms with Crippen molar-refractivity contribution in [3.63, 3.8) is 0 Å². The number of carbonyl (C=O) groups excluding carboxylic acids is 2. The zero-order valence-electron chi connectivity index (χ0n) is 14.7. The number of hydrogen-bond donors (Lipinski definition) is 2. The molecule has 1 aromatic carbocycles. The smallest absolute Gasteiger partial charge is 0.248 e. The standard InChI is InChI=1S/C17H20F2N4O3/c1-4-14-22-17(26-23-14)10(3)21-16(25)9(2)20-15(24)7-11-5-12(18)8-13(19)6-11/h5-6,8-10H,4,7H2,1-3H3,(H,20,24)(H,21,25)/t9-,10-/m0/s1. The van der Waals surface area contributed by atoms with Crippen molar-refractivity contribution in [3.05, 3.63) is 47.1 Å². The number of hydrogen-bond acceptors (Lipinski definition) is 5. The fraction of sp³-hybridized carbons (Fsp3) is 0.412. The second-order valence-corrected chi connectivity index (χ2v) is 5.88. The molecule has 140 valence electrons. The van der Waals surface area contributed by atoms with Gasteiger partial charge in [-0.25, -0.2) is 8.78 Å². The monoisotopic (exact) mass is 366 g/mol. The van der Waals surface area contributed by atoms with Crippen molar-refractivity contribution >= 4 is 11.8 Å². The Morgan fingerprint density at radius 3 is 2.38 bits per heavy atom. The van der Waals surface area contributed by atoms with Crippen LogP contribution in [0.25, 0.3) is 0 Å². The lowest BCUT2D eigenvalue weighted by Gasteiger charge is -2.16. The molecule has 1 aromatic heterocycles. The molecule has 2 rings (SSSR count). The first kappa shape index (κ1) is 19.5. The average Bonchev–Trinajstić information content (AvgIpc) is 3.02. The molecular weight excluding hydrogens is 346 g/mol. The number of benzene rings is 1. The van der Waals surface area contributed by atoms with E-state index in [1.807, 2.05) is 6.92 Å². The highest BCUT2D eigenvalue weighted by Gasteiger charge is 2.21. The van der Waals surface area contributed by atoms with E-state index in [4.69, 9.17) is 4.52 Å². The zero-order valence-corrected chi connectivity index (χ0v) is 14.7. The van der Waals surface area contributed by atoms with E-state index in [0.29, 0.717) is 12.2 Å². The van der Waals surface area contributed by atoms with Gasteiger partial charge < -0.3 is 15.2 Å². The normalized spacial score (nSPS) is 13.1. The molecule has 2 aromatic rings. The number of halogens is 2. The highest BCUT2D eigenvalue weighted by molar-refractivity contribution is 5.88. The van der Waals surface area contributed by atoms with Gasteiger partial charge in [-0.3, -0.25) is 9.59 Å². The Morgan fingerprint density at radius 1 is 1.15 bits per heavy atom. The molecule has 1 heterocycles. The molecule has 2 N–H and O–H groups in total. The van der Waals surface area contributed by atoms with Gasteiger partial charge in [-0.2, -0.15) is 4.98 Å². The van der Waals surface area contributed by atoms with Gasteiger partial charge in [-0.05, 0) is 31.5 Å². The maximum atomic E-state index is 13.1. The van der Waals surface area contributed by atoms with Gasteiger partial charge in [0.1, 0.15) is 23.7 Å². The molecule has 0 aliphatic carbocycles. The molecule has 0 bridgehead atoms. The van der Waals surface area contributed by atoms with Crippen LogP contribution in [0, 0.1) is 11.6 Å². The molecule has 0 aliphatic rings. The van der Waals surface area contributed by atoms with Crippen LogP contribution in [0.3, 0.4) is 0 Å². The quantitative estimate of drug-likeness (QED) is 0.779. The molecular formula is C17H20F2N4O3. The lowest BCUT2D eigenvalue weighted by Crippen LogP contribution is -2.46. The van der Waals surface area contributed by atoms with Crippen LogP contribution in [0.15, 0.2) is 22.7 Å². The van der Waals surface area contributed by atoms with Crippen molar-refractivity contribution in [2.24, 2.45) is 0 Å². The van der Waals surface area contributed by atoms with E-state index in [1.165, 1.54) is 6.92 Å². The van der Waals surface area contributed by atoms with E-state index in [-0.39, 0.29) is 17.9 Å². The summed E-state index contributed by atoms with van der Waals surface area (Å²) < 4.78 is 31.3. The lowest BCUT2D eigenvalue weighted by atomic mass is 10.1. The summed E-state index contributed by atoms with van der Waals surface area (Å²) in [6, 6.07) is 1.48. The van der Waals surface area contributed by atoms with Gasteiger partial charge in [0, 0.05) is 12.5 Å². The summed E-state index contributed by atoms with van der Waals surface area (Å²) in [5.74, 6) is -1.71. The molecule has 2 atom stereocenters. The van der Waals surface area contributed by atoms with Crippen LogP contribution in [-0.4, -0.2) is 28.0 Å². The molecule has 0 saturated carbocycles. The van der Waals surface area contributed by atoms with Crippen LogP contribution in [0.2, 0.25) is 0 Å². The minimum atomic E-state index is -0.850. The van der Waals surface area contributed by atoms with E-state index < -0.39 is 35.5 Å². The van der Waals surface area contributed by atoms with Crippen LogP contribution in [-0.2, 0) is 22.4 Å². The van der Waals surface area contributed by atoms with Crippen molar-refractivity contribution in [2.45, 2.75) is 45.7 Å². The second-order valence-electron chi connectivity index (χ2n) is 5.88. The number of aromatic nitrogens is 2. The van der Waals surface area contributed by atoms with Gasteiger partial charge in [0.25, 0.3) is 0 Å². The van der Waals surface area contributed by atoms with Crippen LogP contribution in [0.1, 0.15) is 44.1 Å². The SMILES string of the molecule is CCc1noc([C@H](C)NC(=O)[C@H](C)NC(=O)Cc2cc(F)cc(F)c2)n1. The molecule has 0 spiro atoms. The number of aryl methyl sites for hydroxylation is 1. The van der Waals surface area contributed by atoms with Gasteiger partial charge >= 0.3 is 0 Å². The first-order valence-corrected chi connectivity index (χ1v) is 8.15. The Morgan fingerprint density at radius 2 is 1.81 bits per heavy atom.